The van der Waals surface area contributed by atoms with Crippen molar-refractivity contribution in [3.8, 4) is 11.5 Å². The number of nitrogens with zero attached hydrogens (tertiary/aromatic N) is 2. The summed E-state index contributed by atoms with van der Waals surface area (Å²) in [6.07, 6.45) is 0. The largest absolute Gasteiger partial charge is 0.334 e. The normalized spacial score (nSPS) is 12.6. The van der Waals surface area contributed by atoms with Crippen LogP contribution in [-0.2, 0) is 5.75 Å². The highest BCUT2D eigenvalue weighted by Gasteiger charge is 2.10. The minimum absolute atomic E-state index is 0.286. The van der Waals surface area contributed by atoms with Gasteiger partial charge in [0.25, 0.3) is 5.89 Å². The van der Waals surface area contributed by atoms with Crippen LogP contribution in [0.3, 0.4) is 0 Å². The standard InChI is InChI=1S/C12H14FN3OS/c1-8(6-14)18-7-11-15-12(17-16-11)9-2-4-10(13)5-3-9/h2-5,8H,6-7,14H2,1H3. The monoisotopic (exact) mass is 267 g/mol. The molecule has 96 valence electrons. The second-order valence-electron chi connectivity index (χ2n) is 3.88. The first-order chi connectivity index (χ1) is 8.69. The predicted octanol–water partition coefficient (Wildman–Crippen LogP) is 2.46. The summed E-state index contributed by atoms with van der Waals surface area (Å²) in [5.74, 6) is 1.40. The highest BCUT2D eigenvalue weighted by atomic mass is 32.2. The first kappa shape index (κ1) is 13.0. The number of rotatable bonds is 5. The molecule has 6 heteroatoms. The Hall–Kier alpha value is -1.40. The summed E-state index contributed by atoms with van der Waals surface area (Å²) in [5, 5.41) is 4.24. The highest BCUT2D eigenvalue weighted by Crippen LogP contribution is 2.20. The molecule has 2 rings (SSSR count). The van der Waals surface area contributed by atoms with Crippen molar-refractivity contribution in [3.63, 3.8) is 0 Å². The lowest BCUT2D eigenvalue weighted by Gasteiger charge is -2.04. The van der Waals surface area contributed by atoms with E-state index in [2.05, 4.69) is 10.1 Å². The van der Waals surface area contributed by atoms with Gasteiger partial charge in [0, 0.05) is 17.4 Å². The molecule has 0 radical (unpaired) electrons. The molecule has 0 fully saturated rings. The zero-order valence-corrected chi connectivity index (χ0v) is 10.8. The van der Waals surface area contributed by atoms with Gasteiger partial charge in [-0.3, -0.25) is 0 Å². The SMILES string of the molecule is CC(CN)SCc1noc(-c2ccc(F)cc2)n1. The molecular formula is C12H14FN3OS. The number of thioether (sulfide) groups is 1. The lowest BCUT2D eigenvalue weighted by atomic mass is 10.2. The zero-order chi connectivity index (χ0) is 13.0. The van der Waals surface area contributed by atoms with E-state index in [0.29, 0.717) is 34.8 Å². The summed E-state index contributed by atoms with van der Waals surface area (Å²) in [4.78, 5) is 4.25. The molecule has 2 aromatic rings. The van der Waals surface area contributed by atoms with Crippen molar-refractivity contribution in [1.82, 2.24) is 10.1 Å². The maximum absolute atomic E-state index is 12.8. The number of aromatic nitrogens is 2. The third kappa shape index (κ3) is 3.30. The molecule has 0 spiro atoms. The van der Waals surface area contributed by atoms with E-state index in [0.717, 1.165) is 0 Å². The first-order valence-corrected chi connectivity index (χ1v) is 6.64. The Kier molecular flexibility index (Phi) is 4.33. The van der Waals surface area contributed by atoms with E-state index in [1.165, 1.54) is 12.1 Å². The molecule has 0 amide bonds. The Morgan fingerprint density at radius 2 is 2.11 bits per heavy atom. The number of nitrogens with two attached hydrogens (primary N) is 1. The minimum Gasteiger partial charge on any atom is -0.334 e. The van der Waals surface area contributed by atoms with E-state index >= 15 is 0 Å². The molecule has 0 aliphatic carbocycles. The number of benzene rings is 1. The van der Waals surface area contributed by atoms with E-state index < -0.39 is 0 Å². The van der Waals surface area contributed by atoms with E-state index in [-0.39, 0.29) is 5.82 Å². The van der Waals surface area contributed by atoms with E-state index in [9.17, 15) is 4.39 Å². The van der Waals surface area contributed by atoms with Crippen LogP contribution < -0.4 is 5.73 Å². The molecule has 1 aromatic heterocycles. The van der Waals surface area contributed by atoms with Gasteiger partial charge in [-0.1, -0.05) is 12.1 Å². The Morgan fingerprint density at radius 3 is 2.78 bits per heavy atom. The van der Waals surface area contributed by atoms with Crippen LogP contribution >= 0.6 is 11.8 Å². The van der Waals surface area contributed by atoms with Gasteiger partial charge in [-0.15, -0.1) is 11.8 Å². The second kappa shape index (κ2) is 5.97. The van der Waals surface area contributed by atoms with Crippen LogP contribution in [0.4, 0.5) is 4.39 Å². The lowest BCUT2D eigenvalue weighted by molar-refractivity contribution is 0.425. The van der Waals surface area contributed by atoms with Crippen molar-refractivity contribution < 1.29 is 8.91 Å². The third-order valence-corrected chi connectivity index (χ3v) is 3.57. The average Bonchev–Trinajstić information content (AvgIpc) is 2.85. The van der Waals surface area contributed by atoms with Gasteiger partial charge in [0.1, 0.15) is 5.82 Å². The topological polar surface area (TPSA) is 64.9 Å². The molecule has 4 nitrogen and oxygen atoms in total. The Balaban J connectivity index is 2.03. The quantitative estimate of drug-likeness (QED) is 0.901. The van der Waals surface area contributed by atoms with Crippen LogP contribution in [0.2, 0.25) is 0 Å². The average molecular weight is 267 g/mol. The maximum Gasteiger partial charge on any atom is 0.257 e. The Morgan fingerprint density at radius 1 is 1.39 bits per heavy atom. The van der Waals surface area contributed by atoms with Gasteiger partial charge in [0.2, 0.25) is 0 Å². The van der Waals surface area contributed by atoms with Crippen molar-refractivity contribution >= 4 is 11.8 Å². The van der Waals surface area contributed by atoms with Crippen LogP contribution in [0.15, 0.2) is 28.8 Å². The molecule has 0 aliphatic heterocycles. The molecule has 2 N–H and O–H groups in total. The van der Waals surface area contributed by atoms with Crippen LogP contribution in [0.25, 0.3) is 11.5 Å². The fourth-order valence-electron chi connectivity index (χ4n) is 1.31. The third-order valence-electron chi connectivity index (χ3n) is 2.39. The van der Waals surface area contributed by atoms with Crippen LogP contribution in [-0.4, -0.2) is 21.9 Å². The van der Waals surface area contributed by atoms with Crippen molar-refractivity contribution in [2.75, 3.05) is 6.54 Å². The fourth-order valence-corrected chi connectivity index (χ4v) is 1.99. The number of halogens is 1. The maximum atomic E-state index is 12.8. The molecule has 0 aliphatic rings. The highest BCUT2D eigenvalue weighted by molar-refractivity contribution is 7.99. The van der Waals surface area contributed by atoms with Crippen molar-refractivity contribution in [2.24, 2.45) is 5.73 Å². The summed E-state index contributed by atoms with van der Waals surface area (Å²) in [5.41, 5.74) is 6.24. The summed E-state index contributed by atoms with van der Waals surface area (Å²) in [6, 6.07) is 5.96. The molecule has 1 heterocycles. The van der Waals surface area contributed by atoms with Crippen molar-refractivity contribution in [3.05, 3.63) is 35.9 Å². The van der Waals surface area contributed by atoms with E-state index in [1.807, 2.05) is 6.92 Å². The zero-order valence-electron chi connectivity index (χ0n) is 9.97. The van der Waals surface area contributed by atoms with Crippen molar-refractivity contribution in [2.45, 2.75) is 17.9 Å². The molecular weight excluding hydrogens is 253 g/mol. The van der Waals surface area contributed by atoms with Gasteiger partial charge in [-0.05, 0) is 24.3 Å². The smallest absolute Gasteiger partial charge is 0.257 e. The van der Waals surface area contributed by atoms with Crippen LogP contribution in [0, 0.1) is 5.82 Å². The van der Waals surface area contributed by atoms with Crippen LogP contribution in [0.1, 0.15) is 12.7 Å². The van der Waals surface area contributed by atoms with Gasteiger partial charge in [-0.2, -0.15) is 4.98 Å². The minimum atomic E-state index is -0.286. The van der Waals surface area contributed by atoms with Crippen molar-refractivity contribution in [1.29, 1.82) is 0 Å². The molecule has 1 aromatic carbocycles. The van der Waals surface area contributed by atoms with E-state index in [1.54, 1.807) is 23.9 Å². The van der Waals surface area contributed by atoms with Gasteiger partial charge in [0.05, 0.1) is 5.75 Å². The fraction of sp³-hybridized carbons (Fsp3) is 0.333. The molecule has 0 saturated carbocycles. The molecule has 1 unspecified atom stereocenters. The lowest BCUT2D eigenvalue weighted by Crippen LogP contribution is -2.12. The first-order valence-electron chi connectivity index (χ1n) is 5.59. The molecule has 1 atom stereocenters. The number of hydrogen-bond donors (Lipinski definition) is 1. The molecule has 0 saturated heterocycles. The number of hydrogen-bond acceptors (Lipinski definition) is 5. The molecule has 18 heavy (non-hydrogen) atoms. The second-order valence-corrected chi connectivity index (χ2v) is 5.31. The molecule has 0 bridgehead atoms. The summed E-state index contributed by atoms with van der Waals surface area (Å²) >= 11 is 1.67. The van der Waals surface area contributed by atoms with Gasteiger partial charge >= 0.3 is 0 Å². The Bertz CT molecular complexity index is 500. The van der Waals surface area contributed by atoms with Crippen LogP contribution in [0.5, 0.6) is 0 Å². The summed E-state index contributed by atoms with van der Waals surface area (Å²) < 4.78 is 17.9. The van der Waals surface area contributed by atoms with Gasteiger partial charge in [0.15, 0.2) is 5.82 Å². The summed E-state index contributed by atoms with van der Waals surface area (Å²) in [7, 11) is 0. The Labute approximate surface area is 109 Å². The summed E-state index contributed by atoms with van der Waals surface area (Å²) in [6.45, 7) is 2.67. The predicted molar refractivity (Wildman–Crippen MR) is 69.5 cm³/mol. The van der Waals surface area contributed by atoms with E-state index in [4.69, 9.17) is 10.3 Å². The van der Waals surface area contributed by atoms with Gasteiger partial charge < -0.3 is 10.3 Å². The van der Waals surface area contributed by atoms with Gasteiger partial charge in [-0.25, -0.2) is 4.39 Å².